The number of halogens is 1. The van der Waals surface area contributed by atoms with Crippen molar-refractivity contribution >= 4 is 39.4 Å². The van der Waals surface area contributed by atoms with Crippen LogP contribution in [0.25, 0.3) is 0 Å². The van der Waals surface area contributed by atoms with Crippen LogP contribution in [0.5, 0.6) is 0 Å². The summed E-state index contributed by atoms with van der Waals surface area (Å²) in [6.07, 6.45) is 1.30. The van der Waals surface area contributed by atoms with Gasteiger partial charge >= 0.3 is 5.82 Å². The lowest BCUT2D eigenvalue weighted by molar-refractivity contribution is -0.389. The van der Waals surface area contributed by atoms with Gasteiger partial charge in [0, 0.05) is 30.7 Å². The lowest BCUT2D eigenvalue weighted by atomic mass is 10.2. The first kappa shape index (κ1) is 13.3. The summed E-state index contributed by atoms with van der Waals surface area (Å²) in [6, 6.07) is 1.22. The fourth-order valence-corrected chi connectivity index (χ4v) is 2.92. The van der Waals surface area contributed by atoms with Crippen LogP contribution in [0.2, 0.25) is 0 Å². The van der Waals surface area contributed by atoms with Crippen LogP contribution in [-0.2, 0) is 0 Å². The summed E-state index contributed by atoms with van der Waals surface area (Å²) >= 11 is 5.01. The van der Waals surface area contributed by atoms with E-state index in [-0.39, 0.29) is 11.7 Å². The molecular weight excluding hydrogens is 322 g/mol. The van der Waals surface area contributed by atoms with Gasteiger partial charge in [0.25, 0.3) is 5.91 Å². The number of thioether (sulfide) groups is 1. The van der Waals surface area contributed by atoms with Gasteiger partial charge < -0.3 is 15.0 Å². The maximum absolute atomic E-state index is 12.2. The molecule has 1 aromatic rings. The first-order chi connectivity index (χ1) is 8.59. The van der Waals surface area contributed by atoms with Crippen molar-refractivity contribution in [2.45, 2.75) is 0 Å². The van der Waals surface area contributed by atoms with E-state index in [0.29, 0.717) is 23.1 Å². The smallest absolute Gasteiger partial charge is 0.358 e. The molecule has 0 unspecified atom stereocenters. The van der Waals surface area contributed by atoms with Gasteiger partial charge in [-0.1, -0.05) is 0 Å². The van der Waals surface area contributed by atoms with Gasteiger partial charge in [0.15, 0.2) is 6.20 Å². The molecule has 0 spiro atoms. The van der Waals surface area contributed by atoms with Crippen LogP contribution in [0.4, 0.5) is 5.82 Å². The first-order valence-electron chi connectivity index (χ1n) is 5.26. The largest absolute Gasteiger partial charge is 0.364 e. The van der Waals surface area contributed by atoms with Crippen LogP contribution in [0.15, 0.2) is 16.7 Å². The zero-order valence-corrected chi connectivity index (χ0v) is 11.7. The van der Waals surface area contributed by atoms with Crippen molar-refractivity contribution in [1.82, 2.24) is 9.88 Å². The van der Waals surface area contributed by atoms with E-state index < -0.39 is 4.92 Å². The van der Waals surface area contributed by atoms with E-state index >= 15 is 0 Å². The maximum atomic E-state index is 12.2. The van der Waals surface area contributed by atoms with Gasteiger partial charge in [-0.3, -0.25) is 4.79 Å². The third kappa shape index (κ3) is 2.81. The number of hydrogen-bond donors (Lipinski definition) is 0. The fourth-order valence-electron chi connectivity index (χ4n) is 1.63. The van der Waals surface area contributed by atoms with Crippen molar-refractivity contribution in [3.8, 4) is 0 Å². The molecular formula is C10H10BrN3O3S. The highest BCUT2D eigenvalue weighted by Gasteiger charge is 2.23. The first-order valence-corrected chi connectivity index (χ1v) is 7.21. The summed E-state index contributed by atoms with van der Waals surface area (Å²) in [6.45, 7) is 1.35. The van der Waals surface area contributed by atoms with Gasteiger partial charge in [-0.05, 0) is 25.8 Å². The quantitative estimate of drug-likeness (QED) is 0.611. The van der Waals surface area contributed by atoms with Gasteiger partial charge in [-0.25, -0.2) is 0 Å². The van der Waals surface area contributed by atoms with Crippen LogP contribution >= 0.6 is 27.7 Å². The molecule has 1 aromatic heterocycles. The Bertz CT molecular complexity index is 491. The summed E-state index contributed by atoms with van der Waals surface area (Å²) in [4.78, 5) is 27.6. The van der Waals surface area contributed by atoms with Gasteiger partial charge in [0.1, 0.15) is 0 Å². The number of hydrogen-bond acceptors (Lipinski definition) is 5. The highest BCUT2D eigenvalue weighted by molar-refractivity contribution is 9.10. The van der Waals surface area contributed by atoms with Crippen LogP contribution in [0.3, 0.4) is 0 Å². The van der Waals surface area contributed by atoms with Crippen LogP contribution < -0.4 is 0 Å². The number of nitro groups is 1. The number of carbonyl (C=O) groups excluding carboxylic acids is 1. The molecule has 0 atom stereocenters. The molecule has 8 heteroatoms. The lowest BCUT2D eigenvalue weighted by Gasteiger charge is -2.26. The van der Waals surface area contributed by atoms with Crippen molar-refractivity contribution in [3.05, 3.63) is 32.4 Å². The predicted molar refractivity (Wildman–Crippen MR) is 71.8 cm³/mol. The summed E-state index contributed by atoms with van der Waals surface area (Å²) in [5.41, 5.74) is 0.295. The summed E-state index contributed by atoms with van der Waals surface area (Å²) in [5.74, 6) is 1.30. The Balaban J connectivity index is 2.28. The average molecular weight is 332 g/mol. The zero-order chi connectivity index (χ0) is 13.1. The second-order valence-corrected chi connectivity index (χ2v) is 5.76. The van der Waals surface area contributed by atoms with Crippen molar-refractivity contribution in [2.24, 2.45) is 0 Å². The number of rotatable bonds is 2. The lowest BCUT2D eigenvalue weighted by Crippen LogP contribution is -2.38. The Labute approximate surface area is 116 Å². The third-order valence-electron chi connectivity index (χ3n) is 2.56. The van der Waals surface area contributed by atoms with Gasteiger partial charge in [-0.15, -0.1) is 0 Å². The van der Waals surface area contributed by atoms with Crippen LogP contribution in [0.1, 0.15) is 10.4 Å². The number of amides is 1. The fraction of sp³-hybridized carbons (Fsp3) is 0.400. The molecule has 1 aliphatic rings. The molecule has 1 saturated heterocycles. The van der Waals surface area contributed by atoms with E-state index in [1.807, 2.05) is 0 Å². The third-order valence-corrected chi connectivity index (χ3v) is 4.13. The topological polar surface area (TPSA) is 76.3 Å². The maximum Gasteiger partial charge on any atom is 0.364 e. The minimum atomic E-state index is -0.602. The SMILES string of the molecule is O=C(c1cc([N+](=O)[O-])ncc1Br)N1CCSCC1. The molecule has 0 radical (unpaired) electrons. The Morgan fingerprint density at radius 2 is 2.17 bits per heavy atom. The minimum absolute atomic E-state index is 0.187. The molecule has 0 aliphatic carbocycles. The number of carbonyl (C=O) groups is 1. The Kier molecular flexibility index (Phi) is 4.18. The second kappa shape index (κ2) is 5.66. The predicted octanol–water partition coefficient (Wildman–Crippen LogP) is 1.94. The van der Waals surface area contributed by atoms with E-state index in [0.717, 1.165) is 11.5 Å². The van der Waals surface area contributed by atoms with Crippen LogP contribution in [0, 0.1) is 10.1 Å². The zero-order valence-electron chi connectivity index (χ0n) is 9.34. The van der Waals surface area contributed by atoms with Gasteiger partial charge in [-0.2, -0.15) is 11.8 Å². The van der Waals surface area contributed by atoms with Crippen molar-refractivity contribution in [3.63, 3.8) is 0 Å². The van der Waals surface area contributed by atoms with Crippen molar-refractivity contribution in [1.29, 1.82) is 0 Å². The molecule has 6 nitrogen and oxygen atoms in total. The van der Waals surface area contributed by atoms with E-state index in [9.17, 15) is 14.9 Å². The number of aromatic nitrogens is 1. The Hall–Kier alpha value is -1.15. The highest BCUT2D eigenvalue weighted by Crippen LogP contribution is 2.22. The van der Waals surface area contributed by atoms with E-state index in [1.165, 1.54) is 12.3 Å². The van der Waals surface area contributed by atoms with E-state index in [2.05, 4.69) is 20.9 Å². The summed E-state index contributed by atoms with van der Waals surface area (Å²) in [5, 5.41) is 10.7. The van der Waals surface area contributed by atoms with Crippen molar-refractivity contribution in [2.75, 3.05) is 24.6 Å². The number of pyridine rings is 1. The highest BCUT2D eigenvalue weighted by atomic mass is 79.9. The molecule has 0 bridgehead atoms. The van der Waals surface area contributed by atoms with Gasteiger partial charge in [0.05, 0.1) is 10.0 Å². The molecule has 1 amide bonds. The average Bonchev–Trinajstić information content (AvgIpc) is 2.39. The standard InChI is InChI=1S/C10H10BrN3O3S/c11-8-6-12-9(14(16)17)5-7(8)10(15)13-1-3-18-4-2-13/h5-6H,1-4H2. The molecule has 2 rings (SSSR count). The van der Waals surface area contributed by atoms with E-state index in [1.54, 1.807) is 16.7 Å². The number of nitrogens with zero attached hydrogens (tertiary/aromatic N) is 3. The molecule has 18 heavy (non-hydrogen) atoms. The van der Waals surface area contributed by atoms with E-state index in [4.69, 9.17) is 0 Å². The molecule has 96 valence electrons. The van der Waals surface area contributed by atoms with Crippen LogP contribution in [-0.4, -0.2) is 45.3 Å². The second-order valence-electron chi connectivity index (χ2n) is 3.68. The van der Waals surface area contributed by atoms with Crippen molar-refractivity contribution < 1.29 is 9.72 Å². The molecule has 0 aromatic carbocycles. The molecule has 0 saturated carbocycles. The molecule has 1 fully saturated rings. The summed E-state index contributed by atoms with van der Waals surface area (Å²) in [7, 11) is 0. The molecule has 0 N–H and O–H groups in total. The minimum Gasteiger partial charge on any atom is -0.358 e. The summed E-state index contributed by atoms with van der Waals surface area (Å²) < 4.78 is 0.483. The molecule has 2 heterocycles. The van der Waals surface area contributed by atoms with Gasteiger partial charge in [0.2, 0.25) is 0 Å². The Morgan fingerprint density at radius 3 is 2.78 bits per heavy atom. The Morgan fingerprint density at radius 1 is 1.50 bits per heavy atom. The molecule has 1 aliphatic heterocycles. The monoisotopic (exact) mass is 331 g/mol. The normalized spacial score (nSPS) is 15.5.